The lowest BCUT2D eigenvalue weighted by atomic mass is 9.95. The van der Waals surface area contributed by atoms with Crippen LogP contribution in [0.5, 0.6) is 11.5 Å². The van der Waals surface area contributed by atoms with Crippen LogP contribution in [0.25, 0.3) is 0 Å². The summed E-state index contributed by atoms with van der Waals surface area (Å²) in [5, 5.41) is 3.00. The number of hydrogen-bond donors (Lipinski definition) is 1. The minimum absolute atomic E-state index is 0.110. The van der Waals surface area contributed by atoms with Crippen LogP contribution in [-0.4, -0.2) is 40.2 Å². The van der Waals surface area contributed by atoms with E-state index in [4.69, 9.17) is 21.1 Å². The molecule has 160 valence electrons. The fraction of sp³-hybridized carbons (Fsp3) is 0.300. The average molecular weight is 453 g/mol. The molecular formula is C20H21ClN2O6S. The van der Waals surface area contributed by atoms with E-state index in [-0.39, 0.29) is 17.0 Å². The van der Waals surface area contributed by atoms with E-state index < -0.39 is 27.3 Å². The first-order chi connectivity index (χ1) is 14.0. The zero-order chi connectivity index (χ0) is 22.3. The van der Waals surface area contributed by atoms with Gasteiger partial charge in [0.1, 0.15) is 11.5 Å². The number of sulfonamides is 1. The van der Waals surface area contributed by atoms with Gasteiger partial charge in [-0.05, 0) is 32.0 Å². The van der Waals surface area contributed by atoms with Crippen LogP contribution in [-0.2, 0) is 14.8 Å². The van der Waals surface area contributed by atoms with E-state index >= 15 is 0 Å². The molecule has 2 aromatic carbocycles. The third kappa shape index (κ3) is 3.95. The van der Waals surface area contributed by atoms with Crippen LogP contribution in [0.3, 0.4) is 0 Å². The number of carbonyl (C=O) groups is 2. The van der Waals surface area contributed by atoms with E-state index in [2.05, 4.69) is 5.32 Å². The molecule has 1 fully saturated rings. The summed E-state index contributed by atoms with van der Waals surface area (Å²) in [6.07, 6.45) is 0. The molecule has 0 aromatic heterocycles. The van der Waals surface area contributed by atoms with Gasteiger partial charge in [-0.2, -0.15) is 0 Å². The standard InChI is InChI=1S/C20H21ClN2O6S/c1-20(2)11-30(26,27)23(19(20)25)13-7-5-6-12(8-13)18(24)22-15-10-16(28-3)14(21)9-17(15)29-4/h5-10H,11H2,1-4H3,(H,22,24). The van der Waals surface area contributed by atoms with Crippen LogP contribution >= 0.6 is 11.6 Å². The molecule has 0 aliphatic carbocycles. The third-order valence-electron chi connectivity index (χ3n) is 4.65. The second-order valence-electron chi connectivity index (χ2n) is 7.40. The monoisotopic (exact) mass is 452 g/mol. The predicted molar refractivity (Wildman–Crippen MR) is 114 cm³/mol. The number of nitrogens with zero attached hydrogens (tertiary/aromatic N) is 1. The van der Waals surface area contributed by atoms with Crippen molar-refractivity contribution in [3.8, 4) is 11.5 Å². The molecule has 1 N–H and O–H groups in total. The Morgan fingerprint density at radius 1 is 1.13 bits per heavy atom. The van der Waals surface area contributed by atoms with Crippen molar-refractivity contribution in [2.75, 3.05) is 29.6 Å². The number of carbonyl (C=O) groups excluding carboxylic acids is 2. The molecule has 2 amide bonds. The SMILES string of the molecule is COc1cc(NC(=O)c2cccc(N3C(=O)C(C)(C)CS3(=O)=O)c2)c(OC)cc1Cl. The molecule has 1 saturated heterocycles. The molecule has 0 atom stereocenters. The van der Waals surface area contributed by atoms with Gasteiger partial charge in [-0.1, -0.05) is 17.7 Å². The summed E-state index contributed by atoms with van der Waals surface area (Å²) >= 11 is 6.08. The lowest BCUT2D eigenvalue weighted by Crippen LogP contribution is -2.33. The first-order valence-corrected chi connectivity index (χ1v) is 10.9. The van der Waals surface area contributed by atoms with Gasteiger partial charge in [0.05, 0.1) is 41.8 Å². The molecule has 3 rings (SSSR count). The molecule has 8 nitrogen and oxygen atoms in total. The third-order valence-corrected chi connectivity index (χ3v) is 6.96. The lowest BCUT2D eigenvalue weighted by Gasteiger charge is -2.18. The van der Waals surface area contributed by atoms with Gasteiger partial charge in [-0.15, -0.1) is 0 Å². The summed E-state index contributed by atoms with van der Waals surface area (Å²) in [5.74, 6) is -0.689. The van der Waals surface area contributed by atoms with E-state index in [0.29, 0.717) is 22.2 Å². The Bertz CT molecular complexity index is 1130. The van der Waals surface area contributed by atoms with Gasteiger partial charge in [0, 0.05) is 17.7 Å². The summed E-state index contributed by atoms with van der Waals surface area (Å²) < 4.78 is 36.2. The van der Waals surface area contributed by atoms with E-state index in [1.54, 1.807) is 13.8 Å². The maximum absolute atomic E-state index is 12.8. The normalized spacial score (nSPS) is 17.0. The largest absolute Gasteiger partial charge is 0.495 e. The zero-order valence-corrected chi connectivity index (χ0v) is 18.4. The van der Waals surface area contributed by atoms with Crippen LogP contribution in [0, 0.1) is 5.41 Å². The molecule has 0 radical (unpaired) electrons. The Balaban J connectivity index is 1.94. The molecular weight excluding hydrogens is 432 g/mol. The van der Waals surface area contributed by atoms with Crippen molar-refractivity contribution >= 4 is 44.8 Å². The summed E-state index contributed by atoms with van der Waals surface area (Å²) in [6, 6.07) is 8.87. The lowest BCUT2D eigenvalue weighted by molar-refractivity contribution is -0.123. The molecule has 0 saturated carbocycles. The van der Waals surface area contributed by atoms with Crippen molar-refractivity contribution in [1.82, 2.24) is 0 Å². The molecule has 0 unspecified atom stereocenters. The maximum atomic E-state index is 12.8. The number of nitrogens with one attached hydrogen (secondary N) is 1. The molecule has 2 aromatic rings. The van der Waals surface area contributed by atoms with Crippen LogP contribution in [0.4, 0.5) is 11.4 Å². The smallest absolute Gasteiger partial charge is 0.255 e. The highest BCUT2D eigenvalue weighted by molar-refractivity contribution is 7.94. The number of rotatable bonds is 5. The summed E-state index contributed by atoms with van der Waals surface area (Å²) in [5.41, 5.74) is -0.445. The van der Waals surface area contributed by atoms with Gasteiger partial charge in [0.15, 0.2) is 0 Å². The van der Waals surface area contributed by atoms with Crippen LogP contribution in [0.2, 0.25) is 5.02 Å². The Morgan fingerprint density at radius 2 is 1.80 bits per heavy atom. The van der Waals surface area contributed by atoms with Gasteiger partial charge in [-0.3, -0.25) is 9.59 Å². The molecule has 1 aliphatic heterocycles. The number of ether oxygens (including phenoxy) is 2. The number of amides is 2. The Kier molecular flexibility index (Phi) is 5.70. The van der Waals surface area contributed by atoms with Gasteiger partial charge in [0.2, 0.25) is 15.9 Å². The van der Waals surface area contributed by atoms with Crippen molar-refractivity contribution in [3.05, 3.63) is 47.0 Å². The van der Waals surface area contributed by atoms with Gasteiger partial charge in [0.25, 0.3) is 5.91 Å². The number of halogens is 1. The Labute approximate surface area is 179 Å². The quantitative estimate of drug-likeness (QED) is 0.746. The summed E-state index contributed by atoms with van der Waals surface area (Å²) in [6.45, 7) is 3.15. The summed E-state index contributed by atoms with van der Waals surface area (Å²) in [4.78, 5) is 25.4. The van der Waals surface area contributed by atoms with Crippen molar-refractivity contribution in [2.24, 2.45) is 5.41 Å². The topological polar surface area (TPSA) is 102 Å². The van der Waals surface area contributed by atoms with Crippen molar-refractivity contribution in [1.29, 1.82) is 0 Å². The fourth-order valence-corrected chi connectivity index (χ4v) is 5.52. The maximum Gasteiger partial charge on any atom is 0.255 e. The van der Waals surface area contributed by atoms with Crippen molar-refractivity contribution in [2.45, 2.75) is 13.8 Å². The number of methoxy groups -OCH3 is 2. The zero-order valence-electron chi connectivity index (χ0n) is 16.9. The first kappa shape index (κ1) is 21.9. The number of hydrogen-bond acceptors (Lipinski definition) is 6. The minimum Gasteiger partial charge on any atom is -0.495 e. The van der Waals surface area contributed by atoms with Gasteiger partial charge >= 0.3 is 0 Å². The van der Waals surface area contributed by atoms with Gasteiger partial charge < -0.3 is 14.8 Å². The van der Waals surface area contributed by atoms with Crippen molar-refractivity contribution < 1.29 is 27.5 Å². The number of benzene rings is 2. The Hall–Kier alpha value is -2.78. The van der Waals surface area contributed by atoms with E-state index in [9.17, 15) is 18.0 Å². The van der Waals surface area contributed by atoms with Gasteiger partial charge in [-0.25, -0.2) is 12.7 Å². The van der Waals surface area contributed by atoms with Crippen molar-refractivity contribution in [3.63, 3.8) is 0 Å². The second kappa shape index (κ2) is 7.81. The highest BCUT2D eigenvalue weighted by atomic mass is 35.5. The average Bonchev–Trinajstić information content (AvgIpc) is 2.85. The highest BCUT2D eigenvalue weighted by Gasteiger charge is 2.49. The summed E-state index contributed by atoms with van der Waals surface area (Å²) in [7, 11) is -0.949. The second-order valence-corrected chi connectivity index (χ2v) is 9.63. The molecule has 1 heterocycles. The molecule has 0 spiro atoms. The van der Waals surface area contributed by atoms with E-state index in [0.717, 1.165) is 4.31 Å². The molecule has 1 aliphatic rings. The molecule has 30 heavy (non-hydrogen) atoms. The highest BCUT2D eigenvalue weighted by Crippen LogP contribution is 2.37. The first-order valence-electron chi connectivity index (χ1n) is 8.90. The van der Waals surface area contributed by atoms with E-state index in [1.165, 1.54) is 50.6 Å². The minimum atomic E-state index is -3.82. The van der Waals surface area contributed by atoms with Crippen LogP contribution in [0.15, 0.2) is 36.4 Å². The van der Waals surface area contributed by atoms with Crippen LogP contribution < -0.4 is 19.1 Å². The number of anilines is 2. The molecule has 10 heteroatoms. The van der Waals surface area contributed by atoms with Crippen LogP contribution in [0.1, 0.15) is 24.2 Å². The van der Waals surface area contributed by atoms with E-state index in [1.807, 2.05) is 0 Å². The molecule has 0 bridgehead atoms. The predicted octanol–water partition coefficient (Wildman–Crippen LogP) is 3.31. The fourth-order valence-electron chi connectivity index (χ4n) is 3.19. The Morgan fingerprint density at radius 3 is 2.37 bits per heavy atom.